The summed E-state index contributed by atoms with van der Waals surface area (Å²) in [6.45, 7) is 7.32. The van der Waals surface area contributed by atoms with Gasteiger partial charge in [0.2, 0.25) is 0 Å². The van der Waals surface area contributed by atoms with Crippen LogP contribution in [0.3, 0.4) is 0 Å². The number of hydrogen-bond donors (Lipinski definition) is 2. The highest BCUT2D eigenvalue weighted by Crippen LogP contribution is 2.19. The zero-order valence-corrected chi connectivity index (χ0v) is 13.1. The number of nitrogens with zero attached hydrogens (tertiary/aromatic N) is 3. The van der Waals surface area contributed by atoms with Crippen LogP contribution in [0.25, 0.3) is 0 Å². The van der Waals surface area contributed by atoms with Crippen LogP contribution in [0, 0.1) is 5.92 Å². The van der Waals surface area contributed by atoms with E-state index in [9.17, 15) is 9.59 Å². The summed E-state index contributed by atoms with van der Waals surface area (Å²) in [5.41, 5.74) is -0.272. The fourth-order valence-electron chi connectivity index (χ4n) is 2.26. The Balaban J connectivity index is 1.81. The summed E-state index contributed by atoms with van der Waals surface area (Å²) in [7, 11) is 0. The summed E-state index contributed by atoms with van der Waals surface area (Å²) in [5.74, 6) is 0.341. The molecule has 2 amide bonds. The van der Waals surface area contributed by atoms with Gasteiger partial charge >= 0.3 is 17.9 Å². The predicted molar refractivity (Wildman–Crippen MR) is 77.7 cm³/mol. The average Bonchev–Trinajstić information content (AvgIpc) is 2.95. The van der Waals surface area contributed by atoms with Crippen molar-refractivity contribution in [2.75, 3.05) is 19.6 Å². The monoisotopic (exact) mass is 310 g/mol. The summed E-state index contributed by atoms with van der Waals surface area (Å²) >= 11 is 0. The van der Waals surface area contributed by atoms with Crippen molar-refractivity contribution in [1.29, 1.82) is 0 Å². The molecule has 0 radical (unpaired) electrons. The second kappa shape index (κ2) is 6.33. The van der Waals surface area contributed by atoms with Crippen LogP contribution in [0.2, 0.25) is 0 Å². The molecule has 122 valence electrons. The minimum absolute atomic E-state index is 0.0344. The lowest BCUT2D eigenvalue weighted by Gasteiger charge is -2.29. The van der Waals surface area contributed by atoms with Gasteiger partial charge in [0.05, 0.1) is 0 Å². The standard InChI is InChI=1S/C14H22N4O4/c1-14(2,3)12-16-11(22-17-12)10(19)15-8-9-4-6-18(7-5-9)13(20)21/h9H,4-8H2,1-3H3,(H,15,19)(H,20,21). The molecule has 1 saturated heterocycles. The zero-order chi connectivity index (χ0) is 16.3. The van der Waals surface area contributed by atoms with Crippen molar-refractivity contribution in [3.05, 3.63) is 11.7 Å². The van der Waals surface area contributed by atoms with E-state index in [0.717, 1.165) is 12.8 Å². The second-order valence-corrected chi connectivity index (χ2v) is 6.60. The molecule has 0 spiro atoms. The molecule has 2 heterocycles. The number of carboxylic acid groups (broad SMARTS) is 1. The maximum absolute atomic E-state index is 12.0. The normalized spacial score (nSPS) is 16.6. The maximum atomic E-state index is 12.0. The third-order valence-corrected chi connectivity index (χ3v) is 3.73. The van der Waals surface area contributed by atoms with Crippen LogP contribution >= 0.6 is 0 Å². The van der Waals surface area contributed by atoms with Gasteiger partial charge in [0, 0.05) is 25.0 Å². The van der Waals surface area contributed by atoms with Crippen molar-refractivity contribution in [2.45, 2.75) is 39.0 Å². The third kappa shape index (κ3) is 3.96. The second-order valence-electron chi connectivity index (χ2n) is 6.60. The first-order chi connectivity index (χ1) is 10.3. The number of carbonyl (C=O) groups excluding carboxylic acids is 1. The predicted octanol–water partition coefficient (Wildman–Crippen LogP) is 1.49. The third-order valence-electron chi connectivity index (χ3n) is 3.73. The fourth-order valence-corrected chi connectivity index (χ4v) is 2.26. The van der Waals surface area contributed by atoms with E-state index in [-0.39, 0.29) is 23.1 Å². The quantitative estimate of drug-likeness (QED) is 0.875. The van der Waals surface area contributed by atoms with Crippen molar-refractivity contribution in [3.8, 4) is 0 Å². The molecule has 1 fully saturated rings. The van der Waals surface area contributed by atoms with Crippen molar-refractivity contribution < 1.29 is 19.2 Å². The number of rotatable bonds is 3. The molecule has 2 rings (SSSR count). The molecular formula is C14H22N4O4. The minimum Gasteiger partial charge on any atom is -0.465 e. The molecule has 8 nitrogen and oxygen atoms in total. The van der Waals surface area contributed by atoms with Crippen LogP contribution in [-0.2, 0) is 5.41 Å². The highest BCUT2D eigenvalue weighted by molar-refractivity contribution is 5.89. The average molecular weight is 310 g/mol. The van der Waals surface area contributed by atoms with Crippen LogP contribution in [-0.4, -0.2) is 51.8 Å². The zero-order valence-electron chi connectivity index (χ0n) is 13.1. The Kier molecular flexibility index (Phi) is 4.68. The van der Waals surface area contributed by atoms with E-state index in [0.29, 0.717) is 25.5 Å². The van der Waals surface area contributed by atoms with Crippen molar-refractivity contribution in [2.24, 2.45) is 5.92 Å². The molecule has 1 aromatic heterocycles. The molecule has 0 aliphatic carbocycles. The Morgan fingerprint density at radius 3 is 2.50 bits per heavy atom. The number of likely N-dealkylation sites (tertiary alicyclic amines) is 1. The van der Waals surface area contributed by atoms with Crippen LogP contribution in [0.4, 0.5) is 4.79 Å². The van der Waals surface area contributed by atoms with Gasteiger partial charge in [-0.2, -0.15) is 4.98 Å². The summed E-state index contributed by atoms with van der Waals surface area (Å²) in [4.78, 5) is 28.3. The van der Waals surface area contributed by atoms with E-state index in [1.165, 1.54) is 4.90 Å². The van der Waals surface area contributed by atoms with E-state index in [1.807, 2.05) is 20.8 Å². The Bertz CT molecular complexity index is 541. The molecule has 1 aliphatic heterocycles. The lowest BCUT2D eigenvalue weighted by Crippen LogP contribution is -2.41. The van der Waals surface area contributed by atoms with Crippen LogP contribution in [0.15, 0.2) is 4.52 Å². The largest absolute Gasteiger partial charge is 0.465 e. The Morgan fingerprint density at radius 1 is 1.36 bits per heavy atom. The Labute approximate surface area is 128 Å². The molecule has 8 heteroatoms. The fraction of sp³-hybridized carbons (Fsp3) is 0.714. The van der Waals surface area contributed by atoms with Gasteiger partial charge in [-0.25, -0.2) is 4.79 Å². The molecule has 1 aliphatic rings. The lowest BCUT2D eigenvalue weighted by molar-refractivity contribution is 0.0886. The number of aromatic nitrogens is 2. The van der Waals surface area contributed by atoms with Crippen molar-refractivity contribution in [1.82, 2.24) is 20.4 Å². The first-order valence-electron chi connectivity index (χ1n) is 7.37. The first kappa shape index (κ1) is 16.3. The number of carbonyl (C=O) groups is 2. The van der Waals surface area contributed by atoms with Gasteiger partial charge in [-0.1, -0.05) is 25.9 Å². The molecule has 0 saturated carbocycles. The van der Waals surface area contributed by atoms with Gasteiger partial charge in [0.25, 0.3) is 0 Å². The SMILES string of the molecule is CC(C)(C)c1noc(C(=O)NCC2CCN(C(=O)O)CC2)n1. The van der Waals surface area contributed by atoms with E-state index in [1.54, 1.807) is 0 Å². The molecule has 0 aromatic carbocycles. The van der Waals surface area contributed by atoms with Gasteiger partial charge in [-0.15, -0.1) is 0 Å². The van der Waals surface area contributed by atoms with E-state index < -0.39 is 6.09 Å². The van der Waals surface area contributed by atoms with Gasteiger partial charge in [0.15, 0.2) is 5.82 Å². The number of hydrogen-bond acceptors (Lipinski definition) is 5. The summed E-state index contributed by atoms with van der Waals surface area (Å²) in [5, 5.41) is 15.5. The molecule has 0 atom stereocenters. The maximum Gasteiger partial charge on any atom is 0.407 e. The van der Waals surface area contributed by atoms with Crippen LogP contribution in [0.1, 0.15) is 50.1 Å². The van der Waals surface area contributed by atoms with E-state index in [2.05, 4.69) is 15.5 Å². The Hall–Kier alpha value is -2.12. The molecule has 22 heavy (non-hydrogen) atoms. The highest BCUT2D eigenvalue weighted by atomic mass is 16.5. The van der Waals surface area contributed by atoms with Crippen molar-refractivity contribution in [3.63, 3.8) is 0 Å². The number of piperidine rings is 1. The van der Waals surface area contributed by atoms with E-state index >= 15 is 0 Å². The van der Waals surface area contributed by atoms with Crippen molar-refractivity contribution >= 4 is 12.0 Å². The smallest absolute Gasteiger partial charge is 0.407 e. The topological polar surface area (TPSA) is 109 Å². The first-order valence-corrected chi connectivity index (χ1v) is 7.37. The molecule has 0 unspecified atom stereocenters. The highest BCUT2D eigenvalue weighted by Gasteiger charge is 2.25. The van der Waals surface area contributed by atoms with Gasteiger partial charge in [0.1, 0.15) is 0 Å². The molecule has 0 bridgehead atoms. The Morgan fingerprint density at radius 2 is 2.00 bits per heavy atom. The lowest BCUT2D eigenvalue weighted by atomic mass is 9.96. The van der Waals surface area contributed by atoms with E-state index in [4.69, 9.17) is 9.63 Å². The molecular weight excluding hydrogens is 288 g/mol. The van der Waals surface area contributed by atoms with Gasteiger partial charge in [-0.05, 0) is 18.8 Å². The number of nitrogens with one attached hydrogen (secondary N) is 1. The summed E-state index contributed by atoms with van der Waals surface area (Å²) in [6, 6.07) is 0. The van der Waals surface area contributed by atoms with Crippen LogP contribution in [0.5, 0.6) is 0 Å². The molecule has 2 N–H and O–H groups in total. The minimum atomic E-state index is -0.886. The van der Waals surface area contributed by atoms with Crippen LogP contribution < -0.4 is 5.32 Å². The molecule has 1 aromatic rings. The van der Waals surface area contributed by atoms with Gasteiger partial charge < -0.3 is 19.8 Å². The summed E-state index contributed by atoms with van der Waals surface area (Å²) in [6.07, 6.45) is 0.593. The summed E-state index contributed by atoms with van der Waals surface area (Å²) < 4.78 is 4.98. The number of amides is 2. The van der Waals surface area contributed by atoms with Gasteiger partial charge in [-0.3, -0.25) is 4.79 Å².